The van der Waals surface area contributed by atoms with Crippen molar-refractivity contribution in [1.29, 1.82) is 0 Å². The number of hydrogen-bond acceptors (Lipinski definition) is 4. The average Bonchev–Trinajstić information content (AvgIpc) is 2.97. The second-order valence-electron chi connectivity index (χ2n) is 5.45. The highest BCUT2D eigenvalue weighted by Gasteiger charge is 2.17. The van der Waals surface area contributed by atoms with Crippen molar-refractivity contribution in [1.82, 2.24) is 10.3 Å². The summed E-state index contributed by atoms with van der Waals surface area (Å²) in [6.07, 6.45) is 1.69. The molecule has 1 amide bonds. The number of ether oxygens (including phenoxy) is 1. The number of nitrogens with one attached hydrogen (secondary N) is 1. The van der Waals surface area contributed by atoms with Crippen LogP contribution in [0.15, 0.2) is 30.3 Å². The van der Waals surface area contributed by atoms with Gasteiger partial charge in [0.1, 0.15) is 0 Å². The molecular formula is C17H20N2O2S. The fraction of sp³-hybridized carbons (Fsp3) is 0.412. The number of amides is 1. The van der Waals surface area contributed by atoms with Crippen LogP contribution in [0.3, 0.4) is 0 Å². The number of rotatable bonds is 5. The second kappa shape index (κ2) is 7.03. The van der Waals surface area contributed by atoms with Gasteiger partial charge in [-0.2, -0.15) is 0 Å². The predicted molar refractivity (Wildman–Crippen MR) is 87.0 cm³/mol. The molecule has 22 heavy (non-hydrogen) atoms. The third kappa shape index (κ3) is 3.54. The molecule has 0 saturated heterocycles. The Balaban J connectivity index is 1.50. The largest absolute Gasteiger partial charge is 0.375 e. The van der Waals surface area contributed by atoms with Crippen molar-refractivity contribution in [3.8, 4) is 0 Å². The van der Waals surface area contributed by atoms with E-state index in [1.165, 1.54) is 10.6 Å². The van der Waals surface area contributed by atoms with E-state index >= 15 is 0 Å². The molecule has 1 aliphatic rings. The minimum Gasteiger partial charge on any atom is -0.375 e. The number of hydrogen-bond donors (Lipinski definition) is 1. The molecule has 0 spiro atoms. The molecule has 116 valence electrons. The van der Waals surface area contributed by atoms with Gasteiger partial charge in [-0.25, -0.2) is 4.98 Å². The Labute approximate surface area is 134 Å². The van der Waals surface area contributed by atoms with Gasteiger partial charge in [-0.05, 0) is 12.5 Å². The van der Waals surface area contributed by atoms with Crippen LogP contribution >= 0.6 is 11.3 Å². The highest BCUT2D eigenvalue weighted by atomic mass is 32.1. The van der Waals surface area contributed by atoms with Crippen LogP contribution in [0.4, 0.5) is 0 Å². The number of carbonyl (C=O) groups excluding carboxylic acids is 1. The van der Waals surface area contributed by atoms with Gasteiger partial charge in [-0.1, -0.05) is 30.3 Å². The molecule has 5 heteroatoms. The third-order valence-electron chi connectivity index (χ3n) is 3.87. The first kappa shape index (κ1) is 15.2. The summed E-state index contributed by atoms with van der Waals surface area (Å²) in [6, 6.07) is 9.85. The fourth-order valence-corrected chi connectivity index (χ4v) is 3.58. The van der Waals surface area contributed by atoms with Gasteiger partial charge in [-0.3, -0.25) is 4.79 Å². The van der Waals surface area contributed by atoms with E-state index in [1.54, 1.807) is 11.3 Å². The summed E-state index contributed by atoms with van der Waals surface area (Å²) >= 11 is 1.70. The third-order valence-corrected chi connectivity index (χ3v) is 5.00. The first-order valence-corrected chi connectivity index (χ1v) is 8.43. The molecule has 1 atom stereocenters. The quantitative estimate of drug-likeness (QED) is 0.922. The predicted octanol–water partition coefficient (Wildman–Crippen LogP) is 2.68. The van der Waals surface area contributed by atoms with E-state index in [4.69, 9.17) is 4.74 Å². The SMILES string of the molecule is CC(C(=O)NCCc1nc2c(s1)COCC2)c1ccccc1. The first-order valence-electron chi connectivity index (χ1n) is 7.62. The van der Waals surface area contributed by atoms with Crippen molar-refractivity contribution < 1.29 is 9.53 Å². The number of fused-ring (bicyclic) bond motifs is 1. The van der Waals surface area contributed by atoms with Crippen molar-refractivity contribution in [3.05, 3.63) is 51.5 Å². The monoisotopic (exact) mass is 316 g/mol. The Morgan fingerprint density at radius 2 is 2.23 bits per heavy atom. The normalized spacial score (nSPS) is 15.1. The zero-order chi connectivity index (χ0) is 15.4. The van der Waals surface area contributed by atoms with E-state index in [1.807, 2.05) is 37.3 Å². The van der Waals surface area contributed by atoms with Crippen LogP contribution in [0.2, 0.25) is 0 Å². The molecule has 0 bridgehead atoms. The van der Waals surface area contributed by atoms with E-state index < -0.39 is 0 Å². The summed E-state index contributed by atoms with van der Waals surface area (Å²) in [6.45, 7) is 4.01. The van der Waals surface area contributed by atoms with Gasteiger partial charge in [0.2, 0.25) is 5.91 Å². The molecule has 0 saturated carbocycles. The zero-order valence-corrected chi connectivity index (χ0v) is 13.5. The van der Waals surface area contributed by atoms with E-state index in [2.05, 4.69) is 10.3 Å². The van der Waals surface area contributed by atoms with Crippen LogP contribution in [0.5, 0.6) is 0 Å². The fourth-order valence-electron chi connectivity index (χ4n) is 2.52. The van der Waals surface area contributed by atoms with Gasteiger partial charge >= 0.3 is 0 Å². The van der Waals surface area contributed by atoms with Crippen molar-refractivity contribution in [3.63, 3.8) is 0 Å². The summed E-state index contributed by atoms with van der Waals surface area (Å²) in [5.74, 6) is -0.0602. The molecule has 1 aliphatic heterocycles. The Morgan fingerprint density at radius 1 is 1.41 bits per heavy atom. The maximum atomic E-state index is 12.2. The number of thiazole rings is 1. The van der Waals surface area contributed by atoms with Crippen LogP contribution < -0.4 is 5.32 Å². The molecule has 1 aromatic heterocycles. The van der Waals surface area contributed by atoms with E-state index in [0.717, 1.165) is 30.0 Å². The number of carbonyl (C=O) groups is 1. The lowest BCUT2D eigenvalue weighted by Gasteiger charge is -2.11. The minimum atomic E-state index is -0.126. The Hall–Kier alpha value is -1.72. The first-order chi connectivity index (χ1) is 10.7. The lowest BCUT2D eigenvalue weighted by molar-refractivity contribution is -0.122. The lowest BCUT2D eigenvalue weighted by atomic mass is 10.0. The van der Waals surface area contributed by atoms with Gasteiger partial charge in [0.05, 0.1) is 34.7 Å². The maximum absolute atomic E-state index is 12.2. The zero-order valence-electron chi connectivity index (χ0n) is 12.7. The molecule has 0 fully saturated rings. The highest BCUT2D eigenvalue weighted by Crippen LogP contribution is 2.23. The Morgan fingerprint density at radius 3 is 3.00 bits per heavy atom. The summed E-state index contributed by atoms with van der Waals surface area (Å²) in [5, 5.41) is 4.09. The van der Waals surface area contributed by atoms with E-state index in [9.17, 15) is 4.79 Å². The molecule has 1 N–H and O–H groups in total. The summed E-state index contributed by atoms with van der Waals surface area (Å²) in [7, 11) is 0. The Kier molecular flexibility index (Phi) is 4.85. The summed E-state index contributed by atoms with van der Waals surface area (Å²) < 4.78 is 5.43. The summed E-state index contributed by atoms with van der Waals surface area (Å²) in [4.78, 5) is 18.1. The average molecular weight is 316 g/mol. The second-order valence-corrected chi connectivity index (χ2v) is 6.62. The minimum absolute atomic E-state index is 0.0656. The van der Waals surface area contributed by atoms with Crippen molar-refractivity contribution in [2.45, 2.75) is 32.3 Å². The van der Waals surface area contributed by atoms with E-state index in [-0.39, 0.29) is 11.8 Å². The molecular weight excluding hydrogens is 296 g/mol. The topological polar surface area (TPSA) is 51.2 Å². The highest BCUT2D eigenvalue weighted by molar-refractivity contribution is 7.11. The van der Waals surface area contributed by atoms with E-state index in [0.29, 0.717) is 13.2 Å². The smallest absolute Gasteiger partial charge is 0.227 e. The van der Waals surface area contributed by atoms with Crippen LogP contribution in [0.1, 0.15) is 34.0 Å². The molecule has 3 rings (SSSR count). The van der Waals surface area contributed by atoms with Gasteiger partial charge < -0.3 is 10.1 Å². The van der Waals surface area contributed by atoms with Crippen molar-refractivity contribution in [2.24, 2.45) is 0 Å². The van der Waals surface area contributed by atoms with Gasteiger partial charge in [0.15, 0.2) is 0 Å². The van der Waals surface area contributed by atoms with Gasteiger partial charge in [-0.15, -0.1) is 11.3 Å². The molecule has 4 nitrogen and oxygen atoms in total. The van der Waals surface area contributed by atoms with Crippen LogP contribution in [-0.4, -0.2) is 24.0 Å². The molecule has 0 radical (unpaired) electrons. The van der Waals surface area contributed by atoms with Gasteiger partial charge in [0, 0.05) is 19.4 Å². The van der Waals surface area contributed by atoms with Crippen molar-refractivity contribution in [2.75, 3.05) is 13.2 Å². The maximum Gasteiger partial charge on any atom is 0.227 e. The van der Waals surface area contributed by atoms with Crippen LogP contribution in [0, 0.1) is 0 Å². The molecule has 0 aliphatic carbocycles. The van der Waals surface area contributed by atoms with Crippen molar-refractivity contribution >= 4 is 17.2 Å². The van der Waals surface area contributed by atoms with Gasteiger partial charge in [0.25, 0.3) is 0 Å². The number of nitrogens with zero attached hydrogens (tertiary/aromatic N) is 1. The number of aromatic nitrogens is 1. The standard InChI is InChI=1S/C17H20N2O2S/c1-12(13-5-3-2-4-6-13)17(20)18-9-7-16-19-14-8-10-21-11-15(14)22-16/h2-6,12H,7-11H2,1H3,(H,18,20). The van der Waals surface area contributed by atoms with Crippen LogP contribution in [0.25, 0.3) is 0 Å². The molecule has 1 aromatic carbocycles. The lowest BCUT2D eigenvalue weighted by Crippen LogP contribution is -2.29. The van der Waals surface area contributed by atoms with Crippen LogP contribution in [-0.2, 0) is 29.0 Å². The Bertz CT molecular complexity index is 616. The molecule has 2 aromatic rings. The molecule has 2 heterocycles. The molecule has 1 unspecified atom stereocenters. The number of benzene rings is 1. The summed E-state index contributed by atoms with van der Waals surface area (Å²) in [5.41, 5.74) is 2.22.